The van der Waals surface area contributed by atoms with Gasteiger partial charge in [-0.05, 0) is 49.6 Å². The Kier molecular flexibility index (Phi) is 5.77. The summed E-state index contributed by atoms with van der Waals surface area (Å²) < 4.78 is 5.14. The molecule has 0 bridgehead atoms. The minimum Gasteiger partial charge on any atom is -0.451 e. The van der Waals surface area contributed by atoms with Gasteiger partial charge in [-0.1, -0.05) is 30.3 Å². The molecule has 7 heteroatoms. The van der Waals surface area contributed by atoms with Crippen molar-refractivity contribution in [3.8, 4) is 0 Å². The zero-order valence-corrected chi connectivity index (χ0v) is 16.5. The first kappa shape index (κ1) is 20.3. The van der Waals surface area contributed by atoms with Crippen LogP contribution in [-0.2, 0) is 25.5 Å². The fraction of sp³-hybridized carbons (Fsp3) is 0.273. The Bertz CT molecular complexity index is 998. The summed E-state index contributed by atoms with van der Waals surface area (Å²) in [6, 6.07) is 12.4. The molecule has 0 fully saturated rings. The number of rotatable bonds is 5. The van der Waals surface area contributed by atoms with Crippen LogP contribution in [0, 0.1) is 13.8 Å². The summed E-state index contributed by atoms with van der Waals surface area (Å²) in [6.45, 7) is 4.67. The first-order valence-corrected chi connectivity index (χ1v) is 9.26. The van der Waals surface area contributed by atoms with Crippen LogP contribution >= 0.6 is 0 Å². The molecule has 0 spiro atoms. The number of hydrogen-bond acceptors (Lipinski definition) is 5. The van der Waals surface area contributed by atoms with E-state index in [0.29, 0.717) is 16.8 Å². The zero-order chi connectivity index (χ0) is 21.1. The molecule has 7 nitrogen and oxygen atoms in total. The maximum Gasteiger partial charge on any atom is 0.326 e. The van der Waals surface area contributed by atoms with Gasteiger partial charge < -0.3 is 10.1 Å². The molecule has 0 saturated heterocycles. The van der Waals surface area contributed by atoms with Crippen molar-refractivity contribution in [3.05, 3.63) is 64.7 Å². The first-order chi connectivity index (χ1) is 13.8. The lowest BCUT2D eigenvalue weighted by atomic mass is 9.98. The molecule has 1 N–H and O–H groups in total. The number of anilines is 1. The quantitative estimate of drug-likeness (QED) is 0.621. The predicted molar refractivity (Wildman–Crippen MR) is 106 cm³/mol. The monoisotopic (exact) mass is 394 g/mol. The highest BCUT2D eigenvalue weighted by Crippen LogP contribution is 2.20. The molecule has 0 aliphatic carbocycles. The van der Waals surface area contributed by atoms with Gasteiger partial charge in [0, 0.05) is 11.3 Å². The fourth-order valence-corrected chi connectivity index (χ4v) is 3.08. The van der Waals surface area contributed by atoms with Crippen LogP contribution in [0.2, 0.25) is 0 Å². The van der Waals surface area contributed by atoms with Crippen LogP contribution in [0.5, 0.6) is 0 Å². The molecule has 2 aromatic rings. The van der Waals surface area contributed by atoms with Crippen LogP contribution in [0.1, 0.15) is 34.0 Å². The summed E-state index contributed by atoms with van der Waals surface area (Å²) in [6.07, 6.45) is -1.04. The molecule has 2 aromatic carbocycles. The standard InChI is InChI=1S/C22H22N2O5/c1-13-8-9-14(2)18(10-13)23-21(27)15(3)29-20(26)12-24-19(25)11-16-6-4-5-7-17(16)22(24)28/h4-10,15H,11-12H2,1-3H3,(H,23,27)/t15-/m0/s1. The topological polar surface area (TPSA) is 92.8 Å². The molecule has 1 aliphatic heterocycles. The van der Waals surface area contributed by atoms with E-state index in [0.717, 1.165) is 16.0 Å². The molecule has 0 unspecified atom stereocenters. The Morgan fingerprint density at radius 3 is 2.62 bits per heavy atom. The largest absolute Gasteiger partial charge is 0.451 e. The van der Waals surface area contributed by atoms with Crippen molar-refractivity contribution in [1.29, 1.82) is 0 Å². The molecule has 1 heterocycles. The number of hydrogen-bond donors (Lipinski definition) is 1. The van der Waals surface area contributed by atoms with Gasteiger partial charge in [0.1, 0.15) is 6.54 Å². The molecular formula is C22H22N2O5. The predicted octanol–water partition coefficient (Wildman–Crippen LogP) is 2.40. The molecule has 0 saturated carbocycles. The zero-order valence-electron chi connectivity index (χ0n) is 16.5. The highest BCUT2D eigenvalue weighted by atomic mass is 16.5. The van der Waals surface area contributed by atoms with Gasteiger partial charge in [-0.15, -0.1) is 0 Å². The van der Waals surface area contributed by atoms with Gasteiger partial charge in [0.15, 0.2) is 6.10 Å². The number of carbonyl (C=O) groups is 4. The van der Waals surface area contributed by atoms with Crippen molar-refractivity contribution in [1.82, 2.24) is 4.90 Å². The molecule has 3 rings (SSSR count). The fourth-order valence-electron chi connectivity index (χ4n) is 3.08. The number of esters is 1. The van der Waals surface area contributed by atoms with Crippen molar-refractivity contribution >= 4 is 29.4 Å². The Balaban J connectivity index is 1.61. The lowest BCUT2D eigenvalue weighted by molar-refractivity contribution is -0.155. The highest BCUT2D eigenvalue weighted by molar-refractivity contribution is 6.11. The molecule has 1 aliphatic rings. The average molecular weight is 394 g/mol. The maximum absolute atomic E-state index is 12.5. The van der Waals surface area contributed by atoms with Crippen molar-refractivity contribution < 1.29 is 23.9 Å². The molecule has 1 atom stereocenters. The van der Waals surface area contributed by atoms with E-state index < -0.39 is 36.3 Å². The maximum atomic E-state index is 12.5. The molecule has 150 valence electrons. The van der Waals surface area contributed by atoms with E-state index in [1.807, 2.05) is 32.0 Å². The molecule has 0 radical (unpaired) electrons. The Morgan fingerprint density at radius 2 is 1.86 bits per heavy atom. The molecule has 0 aromatic heterocycles. The second-order valence-electron chi connectivity index (χ2n) is 7.06. The van der Waals surface area contributed by atoms with Crippen molar-refractivity contribution in [2.24, 2.45) is 0 Å². The Hall–Kier alpha value is -3.48. The number of aryl methyl sites for hydroxylation is 2. The van der Waals surface area contributed by atoms with Gasteiger partial charge in [0.25, 0.3) is 11.8 Å². The summed E-state index contributed by atoms with van der Waals surface area (Å²) in [7, 11) is 0. The van der Waals surface area contributed by atoms with E-state index in [9.17, 15) is 19.2 Å². The number of nitrogens with one attached hydrogen (secondary N) is 1. The van der Waals surface area contributed by atoms with E-state index in [4.69, 9.17) is 4.74 Å². The van der Waals surface area contributed by atoms with Crippen LogP contribution in [0.4, 0.5) is 5.69 Å². The number of benzene rings is 2. The van der Waals surface area contributed by atoms with Crippen LogP contribution < -0.4 is 5.32 Å². The summed E-state index contributed by atoms with van der Waals surface area (Å²) in [4.78, 5) is 50.2. The highest BCUT2D eigenvalue weighted by Gasteiger charge is 2.33. The second kappa shape index (κ2) is 8.26. The number of carbonyl (C=O) groups excluding carboxylic acids is 4. The third kappa shape index (κ3) is 4.51. The number of imide groups is 1. The number of nitrogens with zero attached hydrogens (tertiary/aromatic N) is 1. The average Bonchev–Trinajstić information content (AvgIpc) is 2.68. The van der Waals surface area contributed by atoms with Crippen LogP contribution in [0.25, 0.3) is 0 Å². The SMILES string of the molecule is Cc1ccc(C)c(NC(=O)[C@H](C)OC(=O)CN2C(=O)Cc3ccccc3C2=O)c1. The smallest absolute Gasteiger partial charge is 0.326 e. The minimum absolute atomic E-state index is 0.0396. The summed E-state index contributed by atoms with van der Waals surface area (Å²) in [5.41, 5.74) is 3.52. The van der Waals surface area contributed by atoms with E-state index in [1.165, 1.54) is 6.92 Å². The summed E-state index contributed by atoms with van der Waals surface area (Å²) in [5.74, 6) is -2.33. The number of fused-ring (bicyclic) bond motifs is 1. The third-order valence-electron chi connectivity index (χ3n) is 4.75. The minimum atomic E-state index is -1.08. The van der Waals surface area contributed by atoms with Crippen molar-refractivity contribution in [2.75, 3.05) is 11.9 Å². The summed E-state index contributed by atoms with van der Waals surface area (Å²) in [5, 5.41) is 2.73. The third-order valence-corrected chi connectivity index (χ3v) is 4.75. The molecular weight excluding hydrogens is 372 g/mol. The normalized spacial score (nSPS) is 14.2. The Morgan fingerprint density at radius 1 is 1.14 bits per heavy atom. The molecule has 29 heavy (non-hydrogen) atoms. The van der Waals surface area contributed by atoms with E-state index >= 15 is 0 Å². The van der Waals surface area contributed by atoms with E-state index in [1.54, 1.807) is 24.3 Å². The van der Waals surface area contributed by atoms with Crippen molar-refractivity contribution in [2.45, 2.75) is 33.3 Å². The van der Waals surface area contributed by atoms with Crippen molar-refractivity contribution in [3.63, 3.8) is 0 Å². The van der Waals surface area contributed by atoms with Gasteiger partial charge in [-0.2, -0.15) is 0 Å². The van der Waals surface area contributed by atoms with Crippen LogP contribution in [-0.4, -0.2) is 41.2 Å². The van der Waals surface area contributed by atoms with E-state index in [2.05, 4.69) is 5.32 Å². The van der Waals surface area contributed by atoms with Crippen LogP contribution in [0.15, 0.2) is 42.5 Å². The lowest BCUT2D eigenvalue weighted by Gasteiger charge is -2.26. The second-order valence-corrected chi connectivity index (χ2v) is 7.06. The van der Waals surface area contributed by atoms with Gasteiger partial charge in [0.05, 0.1) is 6.42 Å². The van der Waals surface area contributed by atoms with Gasteiger partial charge in [-0.25, -0.2) is 0 Å². The van der Waals surface area contributed by atoms with Crippen LogP contribution in [0.3, 0.4) is 0 Å². The first-order valence-electron chi connectivity index (χ1n) is 9.26. The van der Waals surface area contributed by atoms with E-state index in [-0.39, 0.29) is 6.42 Å². The molecule has 3 amide bonds. The number of amides is 3. The lowest BCUT2D eigenvalue weighted by Crippen LogP contribution is -2.46. The van der Waals surface area contributed by atoms with Gasteiger partial charge >= 0.3 is 5.97 Å². The summed E-state index contributed by atoms with van der Waals surface area (Å²) >= 11 is 0. The van der Waals surface area contributed by atoms with Gasteiger partial charge in [-0.3, -0.25) is 24.1 Å². The number of ether oxygens (including phenoxy) is 1. The van der Waals surface area contributed by atoms with Gasteiger partial charge in [0.2, 0.25) is 5.91 Å². The Labute approximate surface area is 168 Å².